The van der Waals surface area contributed by atoms with Crippen molar-refractivity contribution in [2.24, 2.45) is 17.6 Å². The maximum Gasteiger partial charge on any atom is 0.252 e. The lowest BCUT2D eigenvalue weighted by Gasteiger charge is -2.29. The molecule has 5 rings (SSSR count). The van der Waals surface area contributed by atoms with E-state index in [1.807, 2.05) is 36.4 Å². The molecule has 190 valence electrons. The van der Waals surface area contributed by atoms with Crippen molar-refractivity contribution in [2.45, 2.75) is 38.1 Å². The Bertz CT molecular complexity index is 1440. The van der Waals surface area contributed by atoms with Crippen LogP contribution in [0.15, 0.2) is 77.9 Å². The Hall–Kier alpha value is -3.97. The molecule has 0 bridgehead atoms. The van der Waals surface area contributed by atoms with Gasteiger partial charge in [0.25, 0.3) is 5.56 Å². The molecule has 1 atom stereocenters. The number of amides is 1. The minimum atomic E-state index is -0.350. The number of pyridine rings is 2. The Morgan fingerprint density at radius 1 is 1.03 bits per heavy atom. The van der Waals surface area contributed by atoms with Crippen LogP contribution in [0, 0.1) is 11.8 Å². The number of benzene rings is 2. The van der Waals surface area contributed by atoms with Crippen LogP contribution in [0.1, 0.15) is 42.9 Å². The normalized spacial score (nSPS) is 18.4. The molecule has 1 aliphatic carbocycles. The van der Waals surface area contributed by atoms with Gasteiger partial charge in [0.15, 0.2) is 0 Å². The molecule has 2 aromatic heterocycles. The molecule has 1 fully saturated rings. The average molecular weight is 497 g/mol. The van der Waals surface area contributed by atoms with Crippen LogP contribution in [-0.2, 0) is 11.2 Å². The Morgan fingerprint density at radius 3 is 2.57 bits per heavy atom. The number of aromatic amines is 1. The SMILES string of the molecule is NCC1CCC(C(=O)N[C@@H](Cc2ccccc2)c2cncc(-c3ccc4[nH]c(=O)cc(O)c4c3)c2)CC1. The van der Waals surface area contributed by atoms with Gasteiger partial charge in [-0.25, -0.2) is 0 Å². The molecule has 2 aromatic carbocycles. The molecule has 1 amide bonds. The summed E-state index contributed by atoms with van der Waals surface area (Å²) in [5, 5.41) is 14.2. The van der Waals surface area contributed by atoms with Gasteiger partial charge in [0.05, 0.1) is 11.6 Å². The zero-order valence-electron chi connectivity index (χ0n) is 20.7. The van der Waals surface area contributed by atoms with Gasteiger partial charge in [-0.15, -0.1) is 0 Å². The summed E-state index contributed by atoms with van der Waals surface area (Å²) in [5.41, 5.74) is 9.81. The van der Waals surface area contributed by atoms with Gasteiger partial charge in [0, 0.05) is 35.3 Å². The summed E-state index contributed by atoms with van der Waals surface area (Å²) in [5.74, 6) is 0.539. The number of rotatable bonds is 7. The molecule has 7 heteroatoms. The monoisotopic (exact) mass is 496 g/mol. The van der Waals surface area contributed by atoms with Crippen molar-refractivity contribution in [1.29, 1.82) is 0 Å². The van der Waals surface area contributed by atoms with Crippen LogP contribution >= 0.6 is 0 Å². The lowest BCUT2D eigenvalue weighted by Crippen LogP contribution is -2.37. The number of carbonyl (C=O) groups is 1. The third kappa shape index (κ3) is 5.73. The molecule has 0 spiro atoms. The first-order valence-electron chi connectivity index (χ1n) is 12.9. The number of nitrogens with one attached hydrogen (secondary N) is 2. The number of carbonyl (C=O) groups excluding carboxylic acids is 1. The van der Waals surface area contributed by atoms with E-state index in [0.717, 1.165) is 47.9 Å². The number of nitrogens with two attached hydrogens (primary N) is 1. The van der Waals surface area contributed by atoms with Crippen molar-refractivity contribution in [3.8, 4) is 16.9 Å². The zero-order valence-corrected chi connectivity index (χ0v) is 20.7. The van der Waals surface area contributed by atoms with Gasteiger partial charge in [-0.05, 0) is 79.5 Å². The molecule has 1 saturated carbocycles. The van der Waals surface area contributed by atoms with Gasteiger partial charge >= 0.3 is 0 Å². The second-order valence-electron chi connectivity index (χ2n) is 9.99. The van der Waals surface area contributed by atoms with E-state index in [0.29, 0.717) is 29.8 Å². The van der Waals surface area contributed by atoms with E-state index in [9.17, 15) is 14.7 Å². The molecule has 5 N–H and O–H groups in total. The van der Waals surface area contributed by atoms with Gasteiger partial charge in [-0.1, -0.05) is 36.4 Å². The highest BCUT2D eigenvalue weighted by atomic mass is 16.3. The molecule has 2 heterocycles. The second kappa shape index (κ2) is 11.0. The van der Waals surface area contributed by atoms with Crippen molar-refractivity contribution in [3.63, 3.8) is 0 Å². The molecular formula is C30H32N4O3. The molecule has 0 saturated heterocycles. The summed E-state index contributed by atoms with van der Waals surface area (Å²) >= 11 is 0. The minimum Gasteiger partial charge on any atom is -0.507 e. The number of fused-ring (bicyclic) bond motifs is 1. The number of H-pyrrole nitrogens is 1. The van der Waals surface area contributed by atoms with E-state index in [4.69, 9.17) is 5.73 Å². The zero-order chi connectivity index (χ0) is 25.8. The van der Waals surface area contributed by atoms with Crippen LogP contribution in [0.3, 0.4) is 0 Å². The fourth-order valence-electron chi connectivity index (χ4n) is 5.27. The van der Waals surface area contributed by atoms with Crippen molar-refractivity contribution >= 4 is 16.8 Å². The van der Waals surface area contributed by atoms with Gasteiger partial charge in [0.1, 0.15) is 5.75 Å². The van der Waals surface area contributed by atoms with Crippen molar-refractivity contribution in [1.82, 2.24) is 15.3 Å². The molecule has 0 unspecified atom stereocenters. The summed E-state index contributed by atoms with van der Waals surface area (Å²) in [4.78, 5) is 32.2. The summed E-state index contributed by atoms with van der Waals surface area (Å²) in [6.07, 6.45) is 7.95. The quantitative estimate of drug-likeness (QED) is 0.301. The van der Waals surface area contributed by atoms with Gasteiger partial charge in [0.2, 0.25) is 5.91 Å². The van der Waals surface area contributed by atoms with Crippen LogP contribution in [0.2, 0.25) is 0 Å². The summed E-state index contributed by atoms with van der Waals surface area (Å²) in [6.45, 7) is 0.687. The lowest BCUT2D eigenvalue weighted by atomic mass is 9.81. The van der Waals surface area contributed by atoms with E-state index in [2.05, 4.69) is 27.4 Å². The summed E-state index contributed by atoms with van der Waals surface area (Å²) < 4.78 is 0. The topological polar surface area (TPSA) is 121 Å². The van der Waals surface area contributed by atoms with E-state index in [1.54, 1.807) is 18.5 Å². The van der Waals surface area contributed by atoms with Crippen molar-refractivity contribution in [2.75, 3.05) is 6.54 Å². The highest BCUT2D eigenvalue weighted by Gasteiger charge is 2.27. The second-order valence-corrected chi connectivity index (χ2v) is 9.99. The maximum absolute atomic E-state index is 13.3. The largest absolute Gasteiger partial charge is 0.507 e. The first-order chi connectivity index (χ1) is 18.0. The molecule has 1 aliphatic rings. The van der Waals surface area contributed by atoms with Crippen LogP contribution in [-0.4, -0.2) is 27.5 Å². The Balaban J connectivity index is 1.44. The van der Waals surface area contributed by atoms with Crippen LogP contribution in [0.4, 0.5) is 0 Å². The van der Waals surface area contributed by atoms with Gasteiger partial charge in [-0.3, -0.25) is 14.6 Å². The maximum atomic E-state index is 13.3. The predicted molar refractivity (Wildman–Crippen MR) is 145 cm³/mol. The predicted octanol–water partition coefficient (Wildman–Crippen LogP) is 4.46. The van der Waals surface area contributed by atoms with E-state index >= 15 is 0 Å². The Kier molecular flexibility index (Phi) is 7.32. The molecule has 4 aromatic rings. The first kappa shape index (κ1) is 24.7. The highest BCUT2D eigenvalue weighted by molar-refractivity contribution is 5.89. The number of aromatic nitrogens is 2. The smallest absolute Gasteiger partial charge is 0.252 e. The fraction of sp³-hybridized carbons (Fsp3) is 0.300. The number of hydrogen-bond donors (Lipinski definition) is 4. The van der Waals surface area contributed by atoms with E-state index in [-0.39, 0.29) is 29.2 Å². The molecule has 0 aliphatic heterocycles. The Morgan fingerprint density at radius 2 is 1.81 bits per heavy atom. The lowest BCUT2D eigenvalue weighted by molar-refractivity contribution is -0.127. The standard InChI is InChI=1S/C30H32N4O3/c31-16-20-6-8-21(9-7-20)30(37)34-27(12-19-4-2-1-3-5-19)24-13-23(17-32-18-24)22-10-11-26-25(14-22)28(35)15-29(36)33-26/h1-5,10-11,13-15,17-18,20-21,27H,6-9,12,16,31H2,(H,34,37)(H2,33,35,36)/t20?,21?,27-/m0/s1. The fourth-order valence-corrected chi connectivity index (χ4v) is 5.27. The van der Waals surface area contributed by atoms with Gasteiger partial charge in [-0.2, -0.15) is 0 Å². The summed E-state index contributed by atoms with van der Waals surface area (Å²) in [6, 6.07) is 18.6. The molecule has 0 radical (unpaired) electrons. The Labute approximate surface area is 215 Å². The van der Waals surface area contributed by atoms with E-state index < -0.39 is 0 Å². The molecule has 7 nitrogen and oxygen atoms in total. The van der Waals surface area contributed by atoms with Gasteiger partial charge < -0.3 is 21.1 Å². The third-order valence-corrected chi connectivity index (χ3v) is 7.47. The molecular weight excluding hydrogens is 464 g/mol. The third-order valence-electron chi connectivity index (χ3n) is 7.47. The van der Waals surface area contributed by atoms with Crippen LogP contribution < -0.4 is 16.6 Å². The highest BCUT2D eigenvalue weighted by Crippen LogP contribution is 2.31. The molecule has 37 heavy (non-hydrogen) atoms. The summed E-state index contributed by atoms with van der Waals surface area (Å²) in [7, 11) is 0. The van der Waals surface area contributed by atoms with Crippen LogP contribution in [0.5, 0.6) is 5.75 Å². The minimum absolute atomic E-state index is 0.00262. The number of nitrogens with zero attached hydrogens (tertiary/aromatic N) is 1. The van der Waals surface area contributed by atoms with Crippen molar-refractivity contribution in [3.05, 3.63) is 94.5 Å². The average Bonchev–Trinajstić information content (AvgIpc) is 2.93. The van der Waals surface area contributed by atoms with Crippen molar-refractivity contribution < 1.29 is 9.90 Å². The number of hydrogen-bond acceptors (Lipinski definition) is 5. The van der Waals surface area contributed by atoms with E-state index in [1.165, 1.54) is 6.07 Å². The first-order valence-corrected chi connectivity index (χ1v) is 12.9. The number of aromatic hydroxyl groups is 1. The van der Waals surface area contributed by atoms with Crippen LogP contribution in [0.25, 0.3) is 22.0 Å².